The van der Waals surface area contributed by atoms with Gasteiger partial charge >= 0.3 is 0 Å². The molecule has 0 bridgehead atoms. The van der Waals surface area contributed by atoms with E-state index in [2.05, 4.69) is 27.9 Å². The summed E-state index contributed by atoms with van der Waals surface area (Å²) in [5.41, 5.74) is 7.05. The molecule has 5 heteroatoms. The molecule has 2 aromatic carbocycles. The molecule has 0 saturated heterocycles. The van der Waals surface area contributed by atoms with Crippen LogP contribution < -0.4 is 15.8 Å². The molecule has 0 unspecified atom stereocenters. The fourth-order valence-corrected chi connectivity index (χ4v) is 2.11. The van der Waals surface area contributed by atoms with Crippen molar-refractivity contribution in [1.82, 2.24) is 0 Å². The van der Waals surface area contributed by atoms with Gasteiger partial charge in [0.05, 0.1) is 18.5 Å². The van der Waals surface area contributed by atoms with Crippen molar-refractivity contribution in [2.45, 2.75) is 0 Å². The topological polar surface area (TPSA) is 47.3 Å². The molecule has 0 heterocycles. The number of hydrogen-bond donors (Lipinski definition) is 2. The highest BCUT2D eigenvalue weighted by molar-refractivity contribution is 14.1. The van der Waals surface area contributed by atoms with Gasteiger partial charge in [-0.1, -0.05) is 6.07 Å². The molecule has 0 radical (unpaired) electrons. The highest BCUT2D eigenvalue weighted by Crippen LogP contribution is 2.30. The van der Waals surface area contributed by atoms with Gasteiger partial charge < -0.3 is 15.8 Å². The van der Waals surface area contributed by atoms with E-state index in [1.165, 1.54) is 13.2 Å². The Balaban J connectivity index is 2.34. The fourth-order valence-electron chi connectivity index (χ4n) is 1.56. The average molecular weight is 358 g/mol. The van der Waals surface area contributed by atoms with E-state index in [1.807, 2.05) is 24.3 Å². The van der Waals surface area contributed by atoms with Crippen molar-refractivity contribution in [3.8, 4) is 5.75 Å². The Morgan fingerprint density at radius 1 is 1.28 bits per heavy atom. The lowest BCUT2D eigenvalue weighted by Crippen LogP contribution is -1.99. The summed E-state index contributed by atoms with van der Waals surface area (Å²) in [5, 5.41) is 3.00. The first-order chi connectivity index (χ1) is 8.60. The van der Waals surface area contributed by atoms with Crippen molar-refractivity contribution < 1.29 is 9.13 Å². The molecule has 2 aromatic rings. The van der Waals surface area contributed by atoms with E-state index < -0.39 is 5.82 Å². The molecule has 94 valence electrons. The molecule has 0 fully saturated rings. The molecule has 0 aliphatic carbocycles. The minimum Gasteiger partial charge on any atom is -0.495 e. The summed E-state index contributed by atoms with van der Waals surface area (Å²) >= 11 is 2.20. The van der Waals surface area contributed by atoms with E-state index in [9.17, 15) is 4.39 Å². The summed E-state index contributed by atoms with van der Waals surface area (Å²) in [5.74, 6) is 0.0386. The van der Waals surface area contributed by atoms with Gasteiger partial charge in [-0.05, 0) is 40.8 Å². The summed E-state index contributed by atoms with van der Waals surface area (Å²) in [7, 11) is 1.50. The van der Waals surface area contributed by atoms with E-state index in [0.717, 1.165) is 9.26 Å². The average Bonchev–Trinajstić information content (AvgIpc) is 2.33. The number of hydrogen-bond acceptors (Lipinski definition) is 3. The lowest BCUT2D eigenvalue weighted by Gasteiger charge is -2.11. The second-order valence-electron chi connectivity index (χ2n) is 3.71. The smallest absolute Gasteiger partial charge is 0.148 e. The molecule has 0 atom stereocenters. The Kier molecular flexibility index (Phi) is 3.90. The molecule has 18 heavy (non-hydrogen) atoms. The highest BCUT2D eigenvalue weighted by Gasteiger charge is 2.08. The second-order valence-corrected chi connectivity index (χ2v) is 4.95. The first-order valence-corrected chi connectivity index (χ1v) is 6.33. The first kappa shape index (κ1) is 12.9. The Hall–Kier alpha value is -1.50. The van der Waals surface area contributed by atoms with Crippen molar-refractivity contribution in [2.24, 2.45) is 0 Å². The molecule has 2 rings (SSSR count). The zero-order valence-corrected chi connectivity index (χ0v) is 11.9. The van der Waals surface area contributed by atoms with Crippen LogP contribution in [0.2, 0.25) is 0 Å². The molecule has 0 saturated carbocycles. The van der Waals surface area contributed by atoms with Crippen LogP contribution in [0.4, 0.5) is 21.5 Å². The van der Waals surface area contributed by atoms with Crippen LogP contribution >= 0.6 is 22.6 Å². The largest absolute Gasteiger partial charge is 0.495 e. The van der Waals surface area contributed by atoms with Gasteiger partial charge in [0.2, 0.25) is 0 Å². The normalized spacial score (nSPS) is 10.2. The van der Waals surface area contributed by atoms with Crippen molar-refractivity contribution in [3.63, 3.8) is 0 Å². The van der Waals surface area contributed by atoms with Crippen LogP contribution in [0.3, 0.4) is 0 Å². The first-order valence-electron chi connectivity index (χ1n) is 5.26. The molecule has 0 amide bonds. The van der Waals surface area contributed by atoms with Gasteiger partial charge in [0, 0.05) is 21.4 Å². The van der Waals surface area contributed by atoms with Crippen molar-refractivity contribution in [2.75, 3.05) is 18.2 Å². The lowest BCUT2D eigenvalue weighted by atomic mass is 10.2. The monoisotopic (exact) mass is 358 g/mol. The summed E-state index contributed by atoms with van der Waals surface area (Å²) in [6.45, 7) is 0. The molecule has 3 N–H and O–H groups in total. The maximum Gasteiger partial charge on any atom is 0.148 e. The van der Waals surface area contributed by atoms with Crippen LogP contribution in [-0.2, 0) is 0 Å². The number of methoxy groups -OCH3 is 1. The van der Waals surface area contributed by atoms with Gasteiger partial charge in [0.1, 0.15) is 11.6 Å². The van der Waals surface area contributed by atoms with E-state index in [4.69, 9.17) is 10.5 Å². The predicted molar refractivity (Wildman–Crippen MR) is 79.8 cm³/mol. The number of benzene rings is 2. The van der Waals surface area contributed by atoms with Gasteiger partial charge in [0.25, 0.3) is 0 Å². The molecular formula is C13H12FIN2O. The van der Waals surface area contributed by atoms with Crippen LogP contribution in [0.5, 0.6) is 5.75 Å². The summed E-state index contributed by atoms with van der Waals surface area (Å²) in [6.07, 6.45) is 0. The van der Waals surface area contributed by atoms with Gasteiger partial charge in [-0.25, -0.2) is 4.39 Å². The van der Waals surface area contributed by atoms with Gasteiger partial charge in [-0.15, -0.1) is 0 Å². The van der Waals surface area contributed by atoms with Crippen molar-refractivity contribution in [3.05, 3.63) is 45.8 Å². The Labute approximate surface area is 118 Å². The third-order valence-electron chi connectivity index (χ3n) is 2.42. The fraction of sp³-hybridized carbons (Fsp3) is 0.0769. The van der Waals surface area contributed by atoms with Gasteiger partial charge in [-0.3, -0.25) is 0 Å². The lowest BCUT2D eigenvalue weighted by molar-refractivity contribution is 0.416. The molecule has 0 aromatic heterocycles. The van der Waals surface area contributed by atoms with E-state index >= 15 is 0 Å². The summed E-state index contributed by atoms with van der Waals surface area (Å²) in [4.78, 5) is 0. The standard InChI is InChI=1S/C13H12FIN2O/c1-18-13-7-12(10(14)6-11(13)16)17-9-4-2-3-8(15)5-9/h2-7,17H,16H2,1H3. The minimum atomic E-state index is -0.410. The number of halogens is 2. The van der Waals surface area contributed by atoms with Crippen molar-refractivity contribution in [1.29, 1.82) is 0 Å². The molecule has 0 aliphatic rings. The van der Waals surface area contributed by atoms with Crippen LogP contribution in [-0.4, -0.2) is 7.11 Å². The number of anilines is 3. The zero-order chi connectivity index (χ0) is 13.1. The maximum atomic E-state index is 13.8. The minimum absolute atomic E-state index is 0.281. The van der Waals surface area contributed by atoms with Gasteiger partial charge in [-0.2, -0.15) is 0 Å². The Morgan fingerprint density at radius 2 is 2.06 bits per heavy atom. The van der Waals surface area contributed by atoms with Crippen LogP contribution in [0.25, 0.3) is 0 Å². The van der Waals surface area contributed by atoms with E-state index in [1.54, 1.807) is 6.07 Å². The number of rotatable bonds is 3. The Bertz CT molecular complexity index is 575. The Morgan fingerprint density at radius 3 is 2.72 bits per heavy atom. The number of nitrogens with one attached hydrogen (secondary N) is 1. The third-order valence-corrected chi connectivity index (χ3v) is 3.09. The SMILES string of the molecule is COc1cc(Nc2cccc(I)c2)c(F)cc1N. The van der Waals surface area contributed by atoms with Crippen LogP contribution in [0, 0.1) is 9.39 Å². The van der Waals surface area contributed by atoms with Gasteiger partial charge in [0.15, 0.2) is 0 Å². The maximum absolute atomic E-state index is 13.8. The number of nitrogens with two attached hydrogens (primary N) is 1. The highest BCUT2D eigenvalue weighted by atomic mass is 127. The van der Waals surface area contributed by atoms with E-state index in [-0.39, 0.29) is 5.69 Å². The molecule has 0 aliphatic heterocycles. The molecular weight excluding hydrogens is 346 g/mol. The number of nitrogen functional groups attached to an aromatic ring is 1. The molecule has 0 spiro atoms. The van der Waals surface area contributed by atoms with Crippen LogP contribution in [0.15, 0.2) is 36.4 Å². The molecule has 3 nitrogen and oxygen atoms in total. The predicted octanol–water partition coefficient (Wildman–Crippen LogP) is 3.76. The van der Waals surface area contributed by atoms with E-state index in [0.29, 0.717) is 11.4 Å². The summed E-state index contributed by atoms with van der Waals surface area (Å²) < 4.78 is 19.9. The zero-order valence-electron chi connectivity index (χ0n) is 9.71. The second kappa shape index (κ2) is 5.43. The van der Waals surface area contributed by atoms with Crippen LogP contribution in [0.1, 0.15) is 0 Å². The van der Waals surface area contributed by atoms with Crippen molar-refractivity contribution >= 4 is 39.7 Å². The number of ether oxygens (including phenoxy) is 1. The third kappa shape index (κ3) is 2.84. The quantitative estimate of drug-likeness (QED) is 0.649. The summed E-state index contributed by atoms with van der Waals surface area (Å²) in [6, 6.07) is 10.4.